The van der Waals surface area contributed by atoms with Crippen molar-refractivity contribution in [1.29, 1.82) is 0 Å². The Morgan fingerprint density at radius 1 is 1.32 bits per heavy atom. The highest BCUT2D eigenvalue weighted by Gasteiger charge is 2.18. The van der Waals surface area contributed by atoms with Crippen LogP contribution in [-0.2, 0) is 11.2 Å². The molecule has 22 heavy (non-hydrogen) atoms. The van der Waals surface area contributed by atoms with Crippen LogP contribution in [0.25, 0.3) is 0 Å². The molecule has 0 aliphatic carbocycles. The van der Waals surface area contributed by atoms with Gasteiger partial charge in [-0.3, -0.25) is 4.79 Å². The minimum atomic E-state index is -0.335. The molecule has 0 bridgehead atoms. The van der Waals surface area contributed by atoms with E-state index in [-0.39, 0.29) is 18.3 Å². The molecule has 0 saturated carbocycles. The molecule has 0 spiro atoms. The van der Waals surface area contributed by atoms with Crippen LogP contribution < -0.4 is 4.74 Å². The fraction of sp³-hybridized carbons (Fsp3) is 0.412. The molecule has 0 aliphatic rings. The van der Waals surface area contributed by atoms with Crippen LogP contribution in [-0.4, -0.2) is 11.1 Å². The van der Waals surface area contributed by atoms with Gasteiger partial charge in [0.05, 0.1) is 12.1 Å². The molecular weight excluding hydrogens is 302 g/mol. The second-order valence-corrected chi connectivity index (χ2v) is 6.15. The topological polar surface area (TPSA) is 52.3 Å². The standard InChI is InChI=1S/C17H20ClNO3/c1-9(2)13-7-15(18)10(3)6-16(13)21-17(20)8-14-11(4)19-22-12(14)5/h6-7,9H,8H2,1-5H3. The van der Waals surface area contributed by atoms with Crippen LogP contribution in [0.4, 0.5) is 0 Å². The van der Waals surface area contributed by atoms with E-state index in [0.29, 0.717) is 22.2 Å². The van der Waals surface area contributed by atoms with Crippen LogP contribution in [0.2, 0.25) is 5.02 Å². The van der Waals surface area contributed by atoms with E-state index in [1.807, 2.05) is 39.8 Å². The van der Waals surface area contributed by atoms with Crippen LogP contribution in [0.3, 0.4) is 0 Å². The van der Waals surface area contributed by atoms with E-state index in [9.17, 15) is 4.79 Å². The molecule has 2 aromatic rings. The molecular formula is C17H20ClNO3. The first-order valence-corrected chi connectivity index (χ1v) is 7.59. The molecule has 0 saturated heterocycles. The number of halogens is 1. The van der Waals surface area contributed by atoms with Gasteiger partial charge in [-0.25, -0.2) is 0 Å². The number of nitrogens with zero attached hydrogens (tertiary/aromatic N) is 1. The Labute approximate surface area is 135 Å². The lowest BCUT2D eigenvalue weighted by Crippen LogP contribution is -2.13. The molecule has 5 heteroatoms. The Balaban J connectivity index is 2.23. The molecule has 2 rings (SSSR count). The fourth-order valence-electron chi connectivity index (χ4n) is 2.27. The highest BCUT2D eigenvalue weighted by molar-refractivity contribution is 6.31. The Hall–Kier alpha value is -1.81. The molecule has 0 N–H and O–H groups in total. The zero-order valence-corrected chi connectivity index (χ0v) is 14.2. The second kappa shape index (κ2) is 6.53. The average Bonchev–Trinajstić information content (AvgIpc) is 2.74. The molecule has 0 fully saturated rings. The number of carbonyl (C=O) groups excluding carboxylic acids is 1. The van der Waals surface area contributed by atoms with E-state index < -0.39 is 0 Å². The Morgan fingerprint density at radius 2 is 2.00 bits per heavy atom. The summed E-state index contributed by atoms with van der Waals surface area (Å²) in [7, 11) is 0. The largest absolute Gasteiger partial charge is 0.426 e. The molecule has 1 aromatic carbocycles. The third-order valence-electron chi connectivity index (χ3n) is 3.64. The summed E-state index contributed by atoms with van der Waals surface area (Å²) >= 11 is 6.16. The lowest BCUT2D eigenvalue weighted by Gasteiger charge is -2.14. The van der Waals surface area contributed by atoms with Gasteiger partial charge in [-0.2, -0.15) is 0 Å². The molecule has 1 heterocycles. The van der Waals surface area contributed by atoms with Gasteiger partial charge in [0.1, 0.15) is 11.5 Å². The van der Waals surface area contributed by atoms with E-state index in [1.54, 1.807) is 6.92 Å². The van der Waals surface area contributed by atoms with Crippen LogP contribution in [0.15, 0.2) is 16.7 Å². The summed E-state index contributed by atoms with van der Waals surface area (Å²) in [6.07, 6.45) is 0.139. The van der Waals surface area contributed by atoms with Gasteiger partial charge in [0.2, 0.25) is 0 Å². The molecule has 4 nitrogen and oxygen atoms in total. The summed E-state index contributed by atoms with van der Waals surface area (Å²) in [6, 6.07) is 3.67. The van der Waals surface area contributed by atoms with Crippen molar-refractivity contribution in [1.82, 2.24) is 5.16 Å². The number of rotatable bonds is 4. The van der Waals surface area contributed by atoms with E-state index in [0.717, 1.165) is 16.7 Å². The first-order valence-electron chi connectivity index (χ1n) is 7.22. The summed E-state index contributed by atoms with van der Waals surface area (Å²) in [4.78, 5) is 12.2. The zero-order chi connectivity index (χ0) is 16.4. The first-order chi connectivity index (χ1) is 10.3. The van der Waals surface area contributed by atoms with Crippen molar-refractivity contribution >= 4 is 17.6 Å². The number of esters is 1. The quantitative estimate of drug-likeness (QED) is 0.613. The Kier molecular flexibility index (Phi) is 4.91. The number of benzene rings is 1. The second-order valence-electron chi connectivity index (χ2n) is 5.75. The third-order valence-corrected chi connectivity index (χ3v) is 4.05. The molecule has 0 aliphatic heterocycles. The van der Waals surface area contributed by atoms with Crippen molar-refractivity contribution in [3.05, 3.63) is 45.3 Å². The smallest absolute Gasteiger partial charge is 0.315 e. The highest BCUT2D eigenvalue weighted by Crippen LogP contribution is 2.32. The van der Waals surface area contributed by atoms with Gasteiger partial charge >= 0.3 is 5.97 Å². The number of hydrogen-bond donors (Lipinski definition) is 0. The third kappa shape index (κ3) is 3.50. The molecule has 0 amide bonds. The van der Waals surface area contributed by atoms with E-state index in [4.69, 9.17) is 20.9 Å². The minimum absolute atomic E-state index is 0.139. The van der Waals surface area contributed by atoms with E-state index in [1.165, 1.54) is 0 Å². The number of aromatic nitrogens is 1. The lowest BCUT2D eigenvalue weighted by atomic mass is 10.0. The number of ether oxygens (including phenoxy) is 1. The van der Waals surface area contributed by atoms with Crippen molar-refractivity contribution in [2.24, 2.45) is 0 Å². The van der Waals surface area contributed by atoms with Gasteiger partial charge in [0, 0.05) is 10.6 Å². The average molecular weight is 322 g/mol. The van der Waals surface area contributed by atoms with Crippen molar-refractivity contribution in [2.45, 2.75) is 47.0 Å². The summed E-state index contributed by atoms with van der Waals surface area (Å²) in [5, 5.41) is 4.52. The van der Waals surface area contributed by atoms with E-state index in [2.05, 4.69) is 5.16 Å². The zero-order valence-electron chi connectivity index (χ0n) is 13.5. The molecule has 118 valence electrons. The number of carbonyl (C=O) groups is 1. The Morgan fingerprint density at radius 3 is 2.55 bits per heavy atom. The summed E-state index contributed by atoms with van der Waals surface area (Å²) in [5.74, 6) is 1.08. The first kappa shape index (κ1) is 16.6. The van der Waals surface area contributed by atoms with Gasteiger partial charge in [0.15, 0.2) is 0 Å². The molecule has 0 radical (unpaired) electrons. The lowest BCUT2D eigenvalue weighted by molar-refractivity contribution is -0.133. The van der Waals surface area contributed by atoms with Gasteiger partial charge < -0.3 is 9.26 Å². The van der Waals surface area contributed by atoms with Gasteiger partial charge in [-0.05, 0) is 49.9 Å². The van der Waals surface area contributed by atoms with Crippen LogP contribution in [0.5, 0.6) is 5.75 Å². The van der Waals surface area contributed by atoms with Crippen LogP contribution in [0, 0.1) is 20.8 Å². The van der Waals surface area contributed by atoms with Gasteiger partial charge in [-0.15, -0.1) is 0 Å². The van der Waals surface area contributed by atoms with Crippen LogP contribution >= 0.6 is 11.6 Å². The normalized spacial score (nSPS) is 11.0. The van der Waals surface area contributed by atoms with Crippen molar-refractivity contribution in [2.75, 3.05) is 0 Å². The van der Waals surface area contributed by atoms with Crippen molar-refractivity contribution in [3.63, 3.8) is 0 Å². The van der Waals surface area contributed by atoms with Crippen molar-refractivity contribution < 1.29 is 14.1 Å². The summed E-state index contributed by atoms with van der Waals surface area (Å²) in [6.45, 7) is 9.55. The summed E-state index contributed by atoms with van der Waals surface area (Å²) in [5.41, 5.74) is 3.29. The maximum Gasteiger partial charge on any atom is 0.315 e. The maximum absolute atomic E-state index is 12.2. The van der Waals surface area contributed by atoms with Gasteiger partial charge in [-0.1, -0.05) is 30.6 Å². The SMILES string of the molecule is Cc1cc(OC(=O)Cc2c(C)noc2C)c(C(C)C)cc1Cl. The fourth-order valence-corrected chi connectivity index (χ4v) is 2.44. The van der Waals surface area contributed by atoms with Gasteiger partial charge in [0.25, 0.3) is 0 Å². The predicted octanol–water partition coefficient (Wildman–Crippen LogP) is 4.52. The van der Waals surface area contributed by atoms with Crippen molar-refractivity contribution in [3.8, 4) is 5.75 Å². The number of aryl methyl sites for hydroxylation is 3. The monoisotopic (exact) mass is 321 g/mol. The maximum atomic E-state index is 12.2. The highest BCUT2D eigenvalue weighted by atomic mass is 35.5. The molecule has 1 aromatic heterocycles. The number of hydrogen-bond acceptors (Lipinski definition) is 4. The van der Waals surface area contributed by atoms with Crippen LogP contribution in [0.1, 0.15) is 47.9 Å². The molecule has 0 unspecified atom stereocenters. The summed E-state index contributed by atoms with van der Waals surface area (Å²) < 4.78 is 10.6. The molecule has 0 atom stereocenters. The predicted molar refractivity (Wildman–Crippen MR) is 85.6 cm³/mol. The minimum Gasteiger partial charge on any atom is -0.426 e. The van der Waals surface area contributed by atoms with E-state index >= 15 is 0 Å². The Bertz CT molecular complexity index is 685.